The van der Waals surface area contributed by atoms with E-state index in [2.05, 4.69) is 28.6 Å². The van der Waals surface area contributed by atoms with Crippen LogP contribution >= 0.6 is 12.6 Å². The molecular formula is C15H26N6O8S. The summed E-state index contributed by atoms with van der Waals surface area (Å²) in [6.07, 6.45) is -1.11. The summed E-state index contributed by atoms with van der Waals surface area (Å²) in [7, 11) is 0. The lowest BCUT2D eigenvalue weighted by molar-refractivity contribution is -0.141. The average Bonchev–Trinajstić information content (AvgIpc) is 2.65. The molecule has 0 bridgehead atoms. The minimum atomic E-state index is -1.56. The van der Waals surface area contributed by atoms with E-state index in [4.69, 9.17) is 22.3 Å². The first kappa shape index (κ1) is 27.1. The van der Waals surface area contributed by atoms with Crippen molar-refractivity contribution in [3.05, 3.63) is 0 Å². The smallest absolute Gasteiger partial charge is 0.327 e. The molecule has 5 amide bonds. The fourth-order valence-corrected chi connectivity index (χ4v) is 2.32. The quantitative estimate of drug-likeness (QED) is 0.114. The summed E-state index contributed by atoms with van der Waals surface area (Å²) >= 11 is 3.80. The molecule has 14 nitrogen and oxygen atoms in total. The number of primary amides is 2. The van der Waals surface area contributed by atoms with Gasteiger partial charge in [0, 0.05) is 12.2 Å². The van der Waals surface area contributed by atoms with Crippen LogP contribution in [0.4, 0.5) is 0 Å². The Kier molecular flexibility index (Phi) is 12.0. The molecule has 0 fully saturated rings. The van der Waals surface area contributed by atoms with Crippen LogP contribution in [0.15, 0.2) is 0 Å². The van der Waals surface area contributed by atoms with Crippen LogP contribution in [0, 0.1) is 0 Å². The number of aliphatic hydroxyl groups is 1. The molecule has 0 saturated carbocycles. The van der Waals surface area contributed by atoms with Crippen molar-refractivity contribution < 1.29 is 39.0 Å². The number of nitrogens with one attached hydrogen (secondary N) is 3. The molecule has 0 aliphatic rings. The van der Waals surface area contributed by atoms with Gasteiger partial charge < -0.3 is 43.4 Å². The molecule has 170 valence electrons. The number of thiol groups is 1. The molecule has 0 aromatic carbocycles. The topological polar surface area (TPSA) is 257 Å². The van der Waals surface area contributed by atoms with E-state index in [0.717, 1.165) is 0 Å². The van der Waals surface area contributed by atoms with Gasteiger partial charge in [-0.25, -0.2) is 4.79 Å². The van der Waals surface area contributed by atoms with Gasteiger partial charge in [-0.05, 0) is 6.42 Å². The average molecular weight is 450 g/mol. The van der Waals surface area contributed by atoms with Crippen LogP contribution in [0.5, 0.6) is 0 Å². The summed E-state index contributed by atoms with van der Waals surface area (Å²) in [5, 5.41) is 24.8. The van der Waals surface area contributed by atoms with Crippen LogP contribution < -0.4 is 33.2 Å². The molecule has 0 aromatic rings. The molecule has 0 saturated heterocycles. The standard InChI is InChI=1S/C15H26N6O8S/c16-6(3-11(18)24)12(25)20-8(4-22)14(27)19-7(1-2-10(17)23)13(26)21-9(5-30)15(28)29/h6-9,22,30H,1-5,16H2,(H2,17,23)(H2,18,24)(H,19,27)(H,20,25)(H,21,26)(H,28,29). The molecule has 4 atom stereocenters. The van der Waals surface area contributed by atoms with Crippen LogP contribution in [0.1, 0.15) is 19.3 Å². The summed E-state index contributed by atoms with van der Waals surface area (Å²) in [5.74, 6) is -6.19. The number of aliphatic carboxylic acids is 1. The number of aliphatic hydroxyl groups excluding tert-OH is 1. The first-order valence-corrected chi connectivity index (χ1v) is 9.23. The predicted octanol–water partition coefficient (Wildman–Crippen LogP) is -5.08. The Morgan fingerprint density at radius 2 is 1.33 bits per heavy atom. The van der Waals surface area contributed by atoms with Crippen LogP contribution in [0.3, 0.4) is 0 Å². The number of carbonyl (C=O) groups excluding carboxylic acids is 5. The Morgan fingerprint density at radius 1 is 0.833 bits per heavy atom. The van der Waals surface area contributed by atoms with E-state index in [1.54, 1.807) is 0 Å². The highest BCUT2D eigenvalue weighted by Gasteiger charge is 2.30. The molecule has 0 spiro atoms. The highest BCUT2D eigenvalue weighted by molar-refractivity contribution is 7.80. The number of carboxylic acid groups (broad SMARTS) is 1. The highest BCUT2D eigenvalue weighted by atomic mass is 32.1. The van der Waals surface area contributed by atoms with Crippen LogP contribution in [-0.4, -0.2) is 82.2 Å². The Morgan fingerprint density at radius 3 is 1.77 bits per heavy atom. The molecule has 0 radical (unpaired) electrons. The fourth-order valence-electron chi connectivity index (χ4n) is 2.07. The summed E-state index contributed by atoms with van der Waals surface area (Å²) in [6.45, 7) is -0.889. The van der Waals surface area contributed by atoms with Gasteiger partial charge in [0.1, 0.15) is 18.1 Å². The van der Waals surface area contributed by atoms with Gasteiger partial charge in [0.25, 0.3) is 0 Å². The maximum absolute atomic E-state index is 12.4. The zero-order valence-corrected chi connectivity index (χ0v) is 16.8. The van der Waals surface area contributed by atoms with Gasteiger partial charge in [-0.2, -0.15) is 12.6 Å². The fraction of sp³-hybridized carbons (Fsp3) is 0.600. The monoisotopic (exact) mass is 450 g/mol. The minimum absolute atomic E-state index is 0.245. The third kappa shape index (κ3) is 10.0. The Bertz CT molecular complexity index is 676. The van der Waals surface area contributed by atoms with Crippen molar-refractivity contribution in [2.75, 3.05) is 12.4 Å². The van der Waals surface area contributed by atoms with Crippen molar-refractivity contribution in [2.45, 2.75) is 43.4 Å². The second kappa shape index (κ2) is 13.3. The van der Waals surface area contributed by atoms with Crippen molar-refractivity contribution in [3.8, 4) is 0 Å². The lowest BCUT2D eigenvalue weighted by Crippen LogP contribution is -2.58. The summed E-state index contributed by atoms with van der Waals surface area (Å²) < 4.78 is 0. The van der Waals surface area contributed by atoms with E-state index in [1.165, 1.54) is 0 Å². The van der Waals surface area contributed by atoms with Gasteiger partial charge in [0.2, 0.25) is 29.5 Å². The van der Waals surface area contributed by atoms with Crippen molar-refractivity contribution in [3.63, 3.8) is 0 Å². The molecule has 15 heteroatoms. The zero-order chi connectivity index (χ0) is 23.4. The number of carboxylic acids is 1. The van der Waals surface area contributed by atoms with Crippen molar-refractivity contribution >= 4 is 48.1 Å². The minimum Gasteiger partial charge on any atom is -0.480 e. The van der Waals surface area contributed by atoms with E-state index in [1.807, 2.05) is 0 Å². The van der Waals surface area contributed by atoms with E-state index >= 15 is 0 Å². The first-order chi connectivity index (χ1) is 13.9. The molecule has 0 aliphatic heterocycles. The summed E-state index contributed by atoms with van der Waals surface area (Å²) in [6, 6.07) is -5.70. The van der Waals surface area contributed by atoms with E-state index < -0.39 is 72.7 Å². The Hall–Kier alpha value is -2.91. The maximum atomic E-state index is 12.4. The number of hydrogen-bond donors (Lipinski definition) is 9. The summed E-state index contributed by atoms with van der Waals surface area (Å²) in [4.78, 5) is 69.5. The zero-order valence-electron chi connectivity index (χ0n) is 15.9. The molecule has 30 heavy (non-hydrogen) atoms. The molecular weight excluding hydrogens is 424 g/mol. The highest BCUT2D eigenvalue weighted by Crippen LogP contribution is 2.01. The molecule has 11 N–H and O–H groups in total. The number of hydrogen-bond acceptors (Lipinski definition) is 9. The van der Waals surface area contributed by atoms with Gasteiger partial charge in [0.15, 0.2) is 0 Å². The number of amides is 5. The Balaban J connectivity index is 5.23. The van der Waals surface area contributed by atoms with Gasteiger partial charge >= 0.3 is 5.97 Å². The third-order valence-electron chi connectivity index (χ3n) is 3.68. The lowest BCUT2D eigenvalue weighted by atomic mass is 10.1. The SMILES string of the molecule is NC(=O)CCC(NC(=O)C(CO)NC(=O)C(N)CC(N)=O)C(=O)NC(CS)C(=O)O. The second-order valence-corrected chi connectivity index (χ2v) is 6.53. The van der Waals surface area contributed by atoms with Gasteiger partial charge in [-0.3, -0.25) is 24.0 Å². The largest absolute Gasteiger partial charge is 0.480 e. The normalized spacial score (nSPS) is 14.5. The van der Waals surface area contributed by atoms with Gasteiger partial charge in [-0.1, -0.05) is 0 Å². The predicted molar refractivity (Wildman–Crippen MR) is 105 cm³/mol. The van der Waals surface area contributed by atoms with E-state index in [-0.39, 0.29) is 18.6 Å². The third-order valence-corrected chi connectivity index (χ3v) is 4.05. The van der Waals surface area contributed by atoms with E-state index in [0.29, 0.717) is 0 Å². The van der Waals surface area contributed by atoms with Crippen LogP contribution in [-0.2, 0) is 28.8 Å². The second-order valence-electron chi connectivity index (χ2n) is 6.17. The molecule has 4 unspecified atom stereocenters. The van der Waals surface area contributed by atoms with Gasteiger partial charge in [-0.15, -0.1) is 0 Å². The molecule has 0 heterocycles. The number of rotatable bonds is 14. The van der Waals surface area contributed by atoms with Crippen LogP contribution in [0.25, 0.3) is 0 Å². The van der Waals surface area contributed by atoms with Gasteiger partial charge in [0.05, 0.1) is 19.1 Å². The molecule has 0 aromatic heterocycles. The lowest BCUT2D eigenvalue weighted by Gasteiger charge is -2.23. The summed E-state index contributed by atoms with van der Waals surface area (Å²) in [5.41, 5.74) is 15.4. The first-order valence-electron chi connectivity index (χ1n) is 8.60. The van der Waals surface area contributed by atoms with E-state index in [9.17, 15) is 33.9 Å². The molecule has 0 aliphatic carbocycles. The number of carbonyl (C=O) groups is 6. The Labute approximate surface area is 176 Å². The van der Waals surface area contributed by atoms with Crippen molar-refractivity contribution in [1.82, 2.24) is 16.0 Å². The number of nitrogens with two attached hydrogens (primary N) is 3. The molecule has 0 rings (SSSR count). The maximum Gasteiger partial charge on any atom is 0.327 e. The van der Waals surface area contributed by atoms with Crippen molar-refractivity contribution in [2.24, 2.45) is 17.2 Å². The van der Waals surface area contributed by atoms with Crippen molar-refractivity contribution in [1.29, 1.82) is 0 Å². The van der Waals surface area contributed by atoms with Crippen LogP contribution in [0.2, 0.25) is 0 Å².